The molecule has 8 heteroatoms. The highest BCUT2D eigenvalue weighted by atomic mass is 16.5. The summed E-state index contributed by atoms with van der Waals surface area (Å²) in [6.07, 6.45) is 0. The molecule has 0 bridgehead atoms. The average molecular weight is 366 g/mol. The van der Waals surface area contributed by atoms with Crippen molar-refractivity contribution in [3.8, 4) is 0 Å². The summed E-state index contributed by atoms with van der Waals surface area (Å²) in [5.41, 5.74) is 6.90. The molecular formula is C19H18N4O4. The van der Waals surface area contributed by atoms with Crippen LogP contribution in [0.5, 0.6) is 0 Å². The highest BCUT2D eigenvalue weighted by Crippen LogP contribution is 2.18. The van der Waals surface area contributed by atoms with E-state index < -0.39 is 17.8 Å². The van der Waals surface area contributed by atoms with Crippen molar-refractivity contribution in [3.63, 3.8) is 0 Å². The molecule has 27 heavy (non-hydrogen) atoms. The van der Waals surface area contributed by atoms with E-state index >= 15 is 0 Å². The molecule has 0 aliphatic carbocycles. The zero-order chi connectivity index (χ0) is 19.6. The fraction of sp³-hybridized carbons (Fsp3) is 0.158. The van der Waals surface area contributed by atoms with Gasteiger partial charge in [0.1, 0.15) is 11.4 Å². The van der Waals surface area contributed by atoms with Gasteiger partial charge in [-0.05, 0) is 31.5 Å². The van der Waals surface area contributed by atoms with Crippen LogP contribution in [-0.2, 0) is 4.74 Å². The third kappa shape index (κ3) is 3.50. The van der Waals surface area contributed by atoms with Crippen LogP contribution < -0.4 is 10.9 Å². The minimum Gasteiger partial charge on any atom is -0.465 e. The SMILES string of the molecule is COC(=O)c1c(C)[nH]c(C(=O)NNC(=O)c2ccc3ccccc3n2)c1C. The molecule has 3 rings (SSSR count). The molecule has 2 heterocycles. The van der Waals surface area contributed by atoms with Crippen LogP contribution in [0.2, 0.25) is 0 Å². The van der Waals surface area contributed by atoms with E-state index in [4.69, 9.17) is 4.74 Å². The van der Waals surface area contributed by atoms with Gasteiger partial charge in [0.05, 0.1) is 18.2 Å². The lowest BCUT2D eigenvalue weighted by atomic mass is 10.1. The quantitative estimate of drug-likeness (QED) is 0.485. The number of H-pyrrole nitrogens is 1. The third-order valence-corrected chi connectivity index (χ3v) is 4.17. The third-order valence-electron chi connectivity index (χ3n) is 4.17. The van der Waals surface area contributed by atoms with Crippen LogP contribution in [0.4, 0.5) is 0 Å². The van der Waals surface area contributed by atoms with Gasteiger partial charge in [-0.25, -0.2) is 9.78 Å². The van der Waals surface area contributed by atoms with E-state index in [9.17, 15) is 14.4 Å². The van der Waals surface area contributed by atoms with E-state index in [1.54, 1.807) is 32.0 Å². The molecule has 2 aromatic heterocycles. The zero-order valence-electron chi connectivity index (χ0n) is 15.0. The van der Waals surface area contributed by atoms with Crippen molar-refractivity contribution in [2.75, 3.05) is 7.11 Å². The Morgan fingerprint density at radius 1 is 1.00 bits per heavy atom. The van der Waals surface area contributed by atoms with Crippen LogP contribution in [0.15, 0.2) is 36.4 Å². The number of fused-ring (bicyclic) bond motifs is 1. The molecule has 0 saturated carbocycles. The lowest BCUT2D eigenvalue weighted by Crippen LogP contribution is -2.42. The van der Waals surface area contributed by atoms with Crippen molar-refractivity contribution in [2.45, 2.75) is 13.8 Å². The first kappa shape index (κ1) is 18.1. The fourth-order valence-corrected chi connectivity index (χ4v) is 2.82. The number of nitrogens with zero attached hydrogens (tertiary/aromatic N) is 1. The summed E-state index contributed by atoms with van der Waals surface area (Å²) in [5, 5.41) is 0.908. The number of aryl methyl sites for hydroxylation is 1. The minimum atomic E-state index is -0.583. The van der Waals surface area contributed by atoms with Gasteiger partial charge in [0.2, 0.25) is 0 Å². The van der Waals surface area contributed by atoms with Gasteiger partial charge in [-0.15, -0.1) is 0 Å². The number of pyridine rings is 1. The van der Waals surface area contributed by atoms with Crippen molar-refractivity contribution in [1.29, 1.82) is 0 Å². The average Bonchev–Trinajstić information content (AvgIpc) is 2.99. The number of ether oxygens (including phenoxy) is 1. The molecule has 0 fully saturated rings. The first-order chi connectivity index (χ1) is 12.9. The topological polar surface area (TPSA) is 113 Å². The molecule has 138 valence electrons. The maximum Gasteiger partial charge on any atom is 0.339 e. The Labute approximate surface area is 154 Å². The minimum absolute atomic E-state index is 0.166. The maximum atomic E-state index is 12.4. The Balaban J connectivity index is 1.73. The van der Waals surface area contributed by atoms with Crippen LogP contribution in [0.25, 0.3) is 10.9 Å². The predicted molar refractivity (Wildman–Crippen MR) is 98.3 cm³/mol. The van der Waals surface area contributed by atoms with E-state index in [-0.39, 0.29) is 11.4 Å². The van der Waals surface area contributed by atoms with Gasteiger partial charge in [-0.1, -0.05) is 24.3 Å². The van der Waals surface area contributed by atoms with E-state index in [2.05, 4.69) is 20.8 Å². The van der Waals surface area contributed by atoms with Crippen LogP contribution in [-0.4, -0.2) is 34.9 Å². The molecule has 0 radical (unpaired) electrons. The maximum absolute atomic E-state index is 12.4. The number of carbonyl (C=O) groups is 3. The van der Waals surface area contributed by atoms with E-state index in [1.807, 2.05) is 18.2 Å². The van der Waals surface area contributed by atoms with Crippen molar-refractivity contribution in [3.05, 3.63) is 64.6 Å². The molecule has 0 atom stereocenters. The van der Waals surface area contributed by atoms with E-state index in [0.29, 0.717) is 22.3 Å². The molecule has 0 unspecified atom stereocenters. The number of hydrazine groups is 1. The van der Waals surface area contributed by atoms with Gasteiger partial charge in [0.25, 0.3) is 11.8 Å². The number of para-hydroxylation sites is 1. The van der Waals surface area contributed by atoms with E-state index in [1.165, 1.54) is 7.11 Å². The number of esters is 1. The van der Waals surface area contributed by atoms with Gasteiger partial charge in [-0.2, -0.15) is 0 Å². The summed E-state index contributed by atoms with van der Waals surface area (Å²) >= 11 is 0. The number of hydrogen-bond acceptors (Lipinski definition) is 5. The summed E-state index contributed by atoms with van der Waals surface area (Å²) in [5.74, 6) is -1.67. The van der Waals surface area contributed by atoms with Crippen molar-refractivity contribution in [2.24, 2.45) is 0 Å². The van der Waals surface area contributed by atoms with Gasteiger partial charge in [-0.3, -0.25) is 20.4 Å². The molecular weight excluding hydrogens is 348 g/mol. The van der Waals surface area contributed by atoms with Crippen molar-refractivity contribution in [1.82, 2.24) is 20.8 Å². The second kappa shape index (κ2) is 7.28. The number of nitrogens with one attached hydrogen (secondary N) is 3. The van der Waals surface area contributed by atoms with Gasteiger partial charge >= 0.3 is 5.97 Å². The highest BCUT2D eigenvalue weighted by Gasteiger charge is 2.22. The normalized spacial score (nSPS) is 10.5. The lowest BCUT2D eigenvalue weighted by molar-refractivity contribution is 0.0599. The largest absolute Gasteiger partial charge is 0.465 e. The van der Waals surface area contributed by atoms with Crippen molar-refractivity contribution < 1.29 is 19.1 Å². The summed E-state index contributed by atoms with van der Waals surface area (Å²) in [7, 11) is 1.27. The number of carbonyl (C=O) groups excluding carboxylic acids is 3. The standard InChI is InChI=1S/C19H18N4O4/c1-10-15(19(26)27-3)11(2)20-16(10)18(25)23-22-17(24)14-9-8-12-6-4-5-7-13(12)21-14/h4-9,20H,1-3H3,(H,22,24)(H,23,25). The smallest absolute Gasteiger partial charge is 0.339 e. The molecule has 1 aromatic carbocycles. The highest BCUT2D eigenvalue weighted by molar-refractivity contribution is 6.02. The molecule has 3 aromatic rings. The predicted octanol–water partition coefficient (Wildman–Crippen LogP) is 2.04. The summed E-state index contributed by atoms with van der Waals surface area (Å²) in [4.78, 5) is 43.5. The number of aromatic nitrogens is 2. The summed E-state index contributed by atoms with van der Waals surface area (Å²) in [6.45, 7) is 3.28. The molecule has 2 amide bonds. The number of hydrogen-bond donors (Lipinski definition) is 3. The second-order valence-corrected chi connectivity index (χ2v) is 5.91. The lowest BCUT2D eigenvalue weighted by Gasteiger charge is -2.07. The first-order valence-electron chi connectivity index (χ1n) is 8.16. The Hall–Kier alpha value is -3.68. The second-order valence-electron chi connectivity index (χ2n) is 5.91. The summed E-state index contributed by atoms with van der Waals surface area (Å²) in [6, 6.07) is 10.7. The molecule has 0 aliphatic heterocycles. The van der Waals surface area contributed by atoms with Gasteiger partial charge in [0.15, 0.2) is 0 Å². The van der Waals surface area contributed by atoms with Crippen LogP contribution in [0, 0.1) is 13.8 Å². The molecule has 0 saturated heterocycles. The Kier molecular flexibility index (Phi) is 4.89. The Morgan fingerprint density at radius 3 is 2.44 bits per heavy atom. The molecule has 0 spiro atoms. The number of aromatic amines is 1. The first-order valence-corrected chi connectivity index (χ1v) is 8.16. The van der Waals surface area contributed by atoms with Crippen LogP contribution in [0.3, 0.4) is 0 Å². The summed E-state index contributed by atoms with van der Waals surface area (Å²) < 4.78 is 4.71. The number of methoxy groups -OCH3 is 1. The molecule has 3 N–H and O–H groups in total. The number of rotatable bonds is 3. The Bertz CT molecular complexity index is 1060. The van der Waals surface area contributed by atoms with Gasteiger partial charge < -0.3 is 9.72 Å². The number of amides is 2. The zero-order valence-corrected chi connectivity index (χ0v) is 15.0. The monoisotopic (exact) mass is 366 g/mol. The van der Waals surface area contributed by atoms with E-state index in [0.717, 1.165) is 5.39 Å². The van der Waals surface area contributed by atoms with Crippen LogP contribution >= 0.6 is 0 Å². The fourth-order valence-electron chi connectivity index (χ4n) is 2.82. The number of benzene rings is 1. The molecule has 0 aliphatic rings. The Morgan fingerprint density at radius 2 is 1.70 bits per heavy atom. The van der Waals surface area contributed by atoms with Crippen LogP contribution in [0.1, 0.15) is 42.6 Å². The van der Waals surface area contributed by atoms with Crippen molar-refractivity contribution >= 4 is 28.7 Å². The van der Waals surface area contributed by atoms with Gasteiger partial charge in [0, 0.05) is 11.1 Å². The molecule has 8 nitrogen and oxygen atoms in total.